The molecule has 0 aliphatic heterocycles. The minimum atomic E-state index is -0.908. The maximum atomic E-state index is 12.0. The number of carboxylic acids is 1. The van der Waals surface area contributed by atoms with Gasteiger partial charge in [0.05, 0.1) is 6.42 Å². The lowest BCUT2D eigenvalue weighted by atomic mass is 9.83. The van der Waals surface area contributed by atoms with Crippen LogP contribution in [0.5, 0.6) is 0 Å². The largest absolute Gasteiger partial charge is 0.481 e. The molecule has 3 N–H and O–H groups in total. The third kappa shape index (κ3) is 5.80. The minimum Gasteiger partial charge on any atom is -0.481 e. The average Bonchev–Trinajstić information content (AvgIpc) is 2.34. The first kappa shape index (κ1) is 16.8. The van der Waals surface area contributed by atoms with Crippen molar-refractivity contribution in [2.75, 3.05) is 0 Å². The second-order valence-corrected chi connectivity index (χ2v) is 6.47. The van der Waals surface area contributed by atoms with Crippen LogP contribution in [0.4, 0.5) is 4.79 Å². The van der Waals surface area contributed by atoms with Gasteiger partial charge in [-0.15, -0.1) is 0 Å². The van der Waals surface area contributed by atoms with Crippen molar-refractivity contribution in [1.29, 1.82) is 0 Å². The molecule has 2 amide bonds. The van der Waals surface area contributed by atoms with Gasteiger partial charge in [0.1, 0.15) is 0 Å². The molecule has 1 unspecified atom stereocenters. The molecule has 5 nitrogen and oxygen atoms in total. The first-order valence-corrected chi connectivity index (χ1v) is 7.64. The maximum absolute atomic E-state index is 12.0. The number of carbonyl (C=O) groups excluding carboxylic acids is 1. The maximum Gasteiger partial charge on any atom is 0.315 e. The van der Waals surface area contributed by atoms with Gasteiger partial charge < -0.3 is 15.7 Å². The van der Waals surface area contributed by atoms with E-state index in [1.165, 1.54) is 32.1 Å². The predicted octanol–water partition coefficient (Wildman–Crippen LogP) is 2.90. The summed E-state index contributed by atoms with van der Waals surface area (Å²) in [5.74, 6) is -0.350. The Morgan fingerprint density at radius 3 is 2.35 bits per heavy atom. The third-order valence-electron chi connectivity index (χ3n) is 4.02. The van der Waals surface area contributed by atoms with Gasteiger partial charge in [-0.25, -0.2) is 4.79 Å². The lowest BCUT2D eigenvalue weighted by molar-refractivity contribution is -0.138. The summed E-state index contributed by atoms with van der Waals surface area (Å²) in [4.78, 5) is 22.8. The highest BCUT2D eigenvalue weighted by Gasteiger charge is 2.27. The molecular weight excluding hydrogens is 256 g/mol. The zero-order chi connectivity index (χ0) is 15.2. The van der Waals surface area contributed by atoms with Crippen LogP contribution in [0.3, 0.4) is 0 Å². The van der Waals surface area contributed by atoms with Crippen LogP contribution < -0.4 is 10.6 Å². The Hall–Kier alpha value is -1.26. The van der Waals surface area contributed by atoms with Crippen molar-refractivity contribution in [1.82, 2.24) is 10.6 Å². The third-order valence-corrected chi connectivity index (χ3v) is 4.02. The highest BCUT2D eigenvalue weighted by atomic mass is 16.4. The summed E-state index contributed by atoms with van der Waals surface area (Å²) in [6.07, 6.45) is 6.97. The summed E-state index contributed by atoms with van der Waals surface area (Å²) in [6.45, 7) is 5.53. The minimum absolute atomic E-state index is 0.0827. The zero-order valence-electron chi connectivity index (χ0n) is 12.9. The van der Waals surface area contributed by atoms with E-state index < -0.39 is 11.5 Å². The van der Waals surface area contributed by atoms with Crippen LogP contribution in [0.2, 0.25) is 0 Å². The number of amides is 2. The molecule has 0 radical (unpaired) electrons. The van der Waals surface area contributed by atoms with E-state index >= 15 is 0 Å². The highest BCUT2D eigenvalue weighted by Crippen LogP contribution is 2.27. The van der Waals surface area contributed by atoms with E-state index in [4.69, 9.17) is 5.11 Å². The molecule has 0 aromatic carbocycles. The Labute approximate surface area is 121 Å². The van der Waals surface area contributed by atoms with Crippen molar-refractivity contribution >= 4 is 12.0 Å². The summed E-state index contributed by atoms with van der Waals surface area (Å²) in [6, 6.07) is -0.0652. The molecule has 1 aliphatic carbocycles. The van der Waals surface area contributed by atoms with Crippen LogP contribution in [0.25, 0.3) is 0 Å². The van der Waals surface area contributed by atoms with Crippen molar-refractivity contribution < 1.29 is 14.7 Å². The van der Waals surface area contributed by atoms with E-state index in [0.29, 0.717) is 5.92 Å². The standard InChI is InChI=1S/C15H28N2O3/c1-4-12(11-8-6-5-7-9-11)16-14(20)17-15(2,3)10-13(18)19/h11-12H,4-10H2,1-3H3,(H,18,19)(H2,16,17,20). The Bertz CT molecular complexity index is 336. The Morgan fingerprint density at radius 2 is 1.85 bits per heavy atom. The molecule has 1 fully saturated rings. The Balaban J connectivity index is 2.48. The molecule has 1 aliphatic rings. The molecule has 0 aromatic rings. The van der Waals surface area contributed by atoms with Crippen molar-refractivity contribution in [2.45, 2.75) is 77.3 Å². The second kappa shape index (κ2) is 7.50. The van der Waals surface area contributed by atoms with E-state index in [2.05, 4.69) is 17.6 Å². The smallest absolute Gasteiger partial charge is 0.315 e. The fourth-order valence-corrected chi connectivity index (χ4v) is 3.02. The van der Waals surface area contributed by atoms with Gasteiger partial charge in [-0.2, -0.15) is 0 Å². The van der Waals surface area contributed by atoms with Crippen LogP contribution in [-0.2, 0) is 4.79 Å². The zero-order valence-corrected chi connectivity index (χ0v) is 12.9. The Morgan fingerprint density at radius 1 is 1.25 bits per heavy atom. The lowest BCUT2D eigenvalue weighted by Gasteiger charge is -2.32. The van der Waals surface area contributed by atoms with Gasteiger partial charge in [0, 0.05) is 11.6 Å². The van der Waals surface area contributed by atoms with Gasteiger partial charge >= 0.3 is 12.0 Å². The second-order valence-electron chi connectivity index (χ2n) is 6.47. The van der Waals surface area contributed by atoms with E-state index in [-0.39, 0.29) is 18.5 Å². The number of carbonyl (C=O) groups is 2. The number of nitrogens with one attached hydrogen (secondary N) is 2. The molecule has 20 heavy (non-hydrogen) atoms. The number of hydrogen-bond donors (Lipinski definition) is 3. The molecule has 116 valence electrons. The van der Waals surface area contributed by atoms with Crippen molar-refractivity contribution in [3.8, 4) is 0 Å². The van der Waals surface area contributed by atoms with Crippen molar-refractivity contribution in [2.24, 2.45) is 5.92 Å². The first-order chi connectivity index (χ1) is 9.34. The van der Waals surface area contributed by atoms with Crippen LogP contribution in [0.15, 0.2) is 0 Å². The van der Waals surface area contributed by atoms with Gasteiger partial charge in [0.25, 0.3) is 0 Å². The molecule has 1 saturated carbocycles. The molecule has 0 bridgehead atoms. The van der Waals surface area contributed by atoms with Gasteiger partial charge in [-0.3, -0.25) is 4.79 Å². The number of urea groups is 1. The molecular formula is C15H28N2O3. The van der Waals surface area contributed by atoms with Crippen molar-refractivity contribution in [3.63, 3.8) is 0 Å². The summed E-state index contributed by atoms with van der Waals surface area (Å²) < 4.78 is 0. The van der Waals surface area contributed by atoms with Gasteiger partial charge in [0.15, 0.2) is 0 Å². The van der Waals surface area contributed by atoms with E-state index in [9.17, 15) is 9.59 Å². The topological polar surface area (TPSA) is 78.4 Å². The molecule has 1 atom stereocenters. The summed E-state index contributed by atoms with van der Waals surface area (Å²) in [7, 11) is 0. The molecule has 5 heteroatoms. The SMILES string of the molecule is CCC(NC(=O)NC(C)(C)CC(=O)O)C1CCCCC1. The van der Waals surface area contributed by atoms with Gasteiger partial charge in [-0.05, 0) is 39.0 Å². The van der Waals surface area contributed by atoms with Crippen molar-refractivity contribution in [3.05, 3.63) is 0 Å². The Kier molecular flexibility index (Phi) is 6.30. The summed E-state index contributed by atoms with van der Waals surface area (Å²) >= 11 is 0. The number of aliphatic carboxylic acids is 1. The fourth-order valence-electron chi connectivity index (χ4n) is 3.02. The molecule has 0 spiro atoms. The quantitative estimate of drug-likeness (QED) is 0.701. The normalized spacial score (nSPS) is 18.4. The number of carboxylic acid groups (broad SMARTS) is 1. The molecule has 0 heterocycles. The average molecular weight is 284 g/mol. The van der Waals surface area contributed by atoms with E-state index in [0.717, 1.165) is 6.42 Å². The van der Waals surface area contributed by atoms with E-state index in [1.54, 1.807) is 13.8 Å². The summed E-state index contributed by atoms with van der Waals surface area (Å²) in [5.41, 5.74) is -0.735. The van der Waals surface area contributed by atoms with Crippen LogP contribution in [0.1, 0.15) is 65.7 Å². The predicted molar refractivity (Wildman–Crippen MR) is 78.7 cm³/mol. The lowest BCUT2D eigenvalue weighted by Crippen LogP contribution is -2.53. The molecule has 0 aromatic heterocycles. The van der Waals surface area contributed by atoms with Crippen LogP contribution >= 0.6 is 0 Å². The number of hydrogen-bond acceptors (Lipinski definition) is 2. The monoisotopic (exact) mass is 284 g/mol. The van der Waals surface area contributed by atoms with Crippen LogP contribution in [-0.4, -0.2) is 28.7 Å². The van der Waals surface area contributed by atoms with E-state index in [1.807, 2.05) is 0 Å². The number of rotatable bonds is 6. The fraction of sp³-hybridized carbons (Fsp3) is 0.867. The molecule has 1 rings (SSSR count). The van der Waals surface area contributed by atoms with Gasteiger partial charge in [-0.1, -0.05) is 26.2 Å². The highest BCUT2D eigenvalue weighted by molar-refractivity contribution is 5.76. The van der Waals surface area contributed by atoms with Gasteiger partial charge in [0.2, 0.25) is 0 Å². The van der Waals surface area contributed by atoms with Crippen LogP contribution in [0, 0.1) is 5.92 Å². The summed E-state index contributed by atoms with van der Waals surface area (Å²) in [5, 5.41) is 14.6. The first-order valence-electron chi connectivity index (χ1n) is 7.64. The molecule has 0 saturated heterocycles.